The summed E-state index contributed by atoms with van der Waals surface area (Å²) in [5.41, 5.74) is 0.625. The van der Waals surface area contributed by atoms with Crippen molar-refractivity contribution in [3.8, 4) is 0 Å². The predicted molar refractivity (Wildman–Crippen MR) is 75.0 cm³/mol. The van der Waals surface area contributed by atoms with Gasteiger partial charge in [0.25, 0.3) is 5.69 Å². The van der Waals surface area contributed by atoms with Crippen molar-refractivity contribution in [1.29, 1.82) is 0 Å². The average molecular weight is 317 g/mol. The van der Waals surface area contributed by atoms with Gasteiger partial charge in [0.15, 0.2) is 0 Å². The van der Waals surface area contributed by atoms with E-state index in [1.54, 1.807) is 12.1 Å². The topological polar surface area (TPSA) is 66.6 Å². The van der Waals surface area contributed by atoms with Crippen LogP contribution in [0.25, 0.3) is 0 Å². The molecule has 0 heterocycles. The van der Waals surface area contributed by atoms with Gasteiger partial charge in [-0.15, -0.1) is 0 Å². The van der Waals surface area contributed by atoms with Crippen molar-refractivity contribution in [2.45, 2.75) is 19.8 Å². The molecule has 5 nitrogen and oxygen atoms in total. The third kappa shape index (κ3) is 3.96. The van der Waals surface area contributed by atoms with Gasteiger partial charge in [0.1, 0.15) is 5.69 Å². The van der Waals surface area contributed by atoms with Gasteiger partial charge in [-0.3, -0.25) is 10.1 Å². The molecule has 6 heteroatoms. The molecule has 0 atom stereocenters. The Kier molecular flexibility index (Phi) is 6.07. The standard InChI is InChI=1S/C12H17BrN2O3/c1-2-3-6-14(7-8-16)11-5-4-10(13)9-12(11)15(17)18/h4-5,9,16H,2-3,6-8H2,1H3. The van der Waals surface area contributed by atoms with E-state index in [1.807, 2.05) is 4.90 Å². The zero-order valence-electron chi connectivity index (χ0n) is 10.3. The number of rotatable bonds is 7. The van der Waals surface area contributed by atoms with Gasteiger partial charge in [-0.1, -0.05) is 29.3 Å². The van der Waals surface area contributed by atoms with Gasteiger partial charge in [-0.05, 0) is 18.6 Å². The van der Waals surface area contributed by atoms with Gasteiger partial charge >= 0.3 is 0 Å². The van der Waals surface area contributed by atoms with Crippen LogP contribution in [0.1, 0.15) is 19.8 Å². The van der Waals surface area contributed by atoms with E-state index in [0.717, 1.165) is 12.8 Å². The van der Waals surface area contributed by atoms with Crippen LogP contribution in [0.2, 0.25) is 0 Å². The summed E-state index contributed by atoms with van der Waals surface area (Å²) in [6.45, 7) is 3.16. The highest BCUT2D eigenvalue weighted by molar-refractivity contribution is 9.10. The molecular weight excluding hydrogens is 300 g/mol. The first-order valence-electron chi connectivity index (χ1n) is 5.90. The first-order chi connectivity index (χ1) is 8.60. The van der Waals surface area contributed by atoms with Crippen molar-refractivity contribution in [2.24, 2.45) is 0 Å². The molecule has 0 amide bonds. The van der Waals surface area contributed by atoms with E-state index >= 15 is 0 Å². The zero-order chi connectivity index (χ0) is 13.5. The second-order valence-electron chi connectivity index (χ2n) is 3.95. The van der Waals surface area contributed by atoms with Crippen LogP contribution in [0.5, 0.6) is 0 Å². The lowest BCUT2D eigenvalue weighted by atomic mass is 10.2. The van der Waals surface area contributed by atoms with Crippen molar-refractivity contribution in [3.63, 3.8) is 0 Å². The van der Waals surface area contributed by atoms with E-state index in [9.17, 15) is 10.1 Å². The lowest BCUT2D eigenvalue weighted by molar-refractivity contribution is -0.384. The van der Waals surface area contributed by atoms with Gasteiger partial charge in [-0.25, -0.2) is 0 Å². The Morgan fingerprint density at radius 2 is 2.17 bits per heavy atom. The third-order valence-electron chi connectivity index (χ3n) is 2.63. The lowest BCUT2D eigenvalue weighted by Crippen LogP contribution is -2.28. The highest BCUT2D eigenvalue weighted by Crippen LogP contribution is 2.31. The molecule has 0 radical (unpaired) electrons. The Labute approximate surface area is 115 Å². The zero-order valence-corrected chi connectivity index (χ0v) is 11.9. The summed E-state index contributed by atoms with van der Waals surface area (Å²) in [5, 5.41) is 20.1. The van der Waals surface area contributed by atoms with Gasteiger partial charge in [-0.2, -0.15) is 0 Å². The van der Waals surface area contributed by atoms with Gasteiger partial charge < -0.3 is 10.0 Å². The third-order valence-corrected chi connectivity index (χ3v) is 3.12. The quantitative estimate of drug-likeness (QED) is 0.620. The number of benzene rings is 1. The minimum atomic E-state index is -0.392. The summed E-state index contributed by atoms with van der Waals surface area (Å²) in [4.78, 5) is 12.5. The molecule has 1 N–H and O–H groups in total. The Bertz CT molecular complexity index is 412. The van der Waals surface area contributed by atoms with Gasteiger partial charge in [0.05, 0.1) is 11.5 Å². The maximum atomic E-state index is 11.1. The minimum Gasteiger partial charge on any atom is -0.395 e. The molecule has 0 aliphatic rings. The maximum Gasteiger partial charge on any atom is 0.293 e. The highest BCUT2D eigenvalue weighted by Gasteiger charge is 2.19. The average Bonchev–Trinajstić information content (AvgIpc) is 2.34. The Hall–Kier alpha value is -1.14. The number of nitro benzene ring substituents is 1. The molecule has 100 valence electrons. The van der Waals surface area contributed by atoms with Gasteiger partial charge in [0, 0.05) is 23.6 Å². The summed E-state index contributed by atoms with van der Waals surface area (Å²) in [6, 6.07) is 4.98. The Morgan fingerprint density at radius 3 is 2.72 bits per heavy atom. The molecule has 0 aliphatic heterocycles. The lowest BCUT2D eigenvalue weighted by Gasteiger charge is -2.23. The fraction of sp³-hybridized carbons (Fsp3) is 0.500. The van der Waals surface area contributed by atoms with Crippen molar-refractivity contribution >= 4 is 27.3 Å². The Morgan fingerprint density at radius 1 is 1.44 bits per heavy atom. The summed E-state index contributed by atoms with van der Waals surface area (Å²) in [7, 11) is 0. The van der Waals surface area contributed by atoms with Crippen LogP contribution in [0, 0.1) is 10.1 Å². The van der Waals surface area contributed by atoms with E-state index in [1.165, 1.54) is 6.07 Å². The molecule has 0 bridgehead atoms. The summed E-state index contributed by atoms with van der Waals surface area (Å²) in [6.07, 6.45) is 1.94. The Balaban J connectivity index is 3.05. The van der Waals surface area contributed by atoms with E-state index in [0.29, 0.717) is 23.2 Å². The largest absolute Gasteiger partial charge is 0.395 e. The monoisotopic (exact) mass is 316 g/mol. The molecule has 0 aliphatic carbocycles. The van der Waals surface area contributed by atoms with Crippen LogP contribution < -0.4 is 4.90 Å². The predicted octanol–water partition coefficient (Wildman–Crippen LogP) is 2.96. The molecule has 1 aromatic rings. The molecular formula is C12H17BrN2O3. The first-order valence-corrected chi connectivity index (χ1v) is 6.69. The van der Waals surface area contributed by atoms with E-state index in [4.69, 9.17) is 5.11 Å². The molecule has 0 spiro atoms. The van der Waals surface area contributed by atoms with E-state index in [-0.39, 0.29) is 12.3 Å². The smallest absolute Gasteiger partial charge is 0.293 e. The van der Waals surface area contributed by atoms with Crippen LogP contribution in [-0.4, -0.2) is 29.7 Å². The SMILES string of the molecule is CCCCN(CCO)c1ccc(Br)cc1[N+](=O)[O-]. The second kappa shape index (κ2) is 7.33. The number of aliphatic hydroxyl groups is 1. The maximum absolute atomic E-state index is 11.1. The number of aliphatic hydroxyl groups excluding tert-OH is 1. The minimum absolute atomic E-state index is 0.0169. The van der Waals surface area contributed by atoms with Crippen LogP contribution in [0.15, 0.2) is 22.7 Å². The highest BCUT2D eigenvalue weighted by atomic mass is 79.9. The molecule has 0 aromatic heterocycles. The normalized spacial score (nSPS) is 10.4. The fourth-order valence-electron chi connectivity index (χ4n) is 1.73. The summed E-state index contributed by atoms with van der Waals surface area (Å²) >= 11 is 3.23. The van der Waals surface area contributed by atoms with Crippen LogP contribution >= 0.6 is 15.9 Å². The molecule has 0 saturated heterocycles. The fourth-order valence-corrected chi connectivity index (χ4v) is 2.08. The summed E-state index contributed by atoms with van der Waals surface area (Å²) < 4.78 is 0.678. The molecule has 0 saturated carbocycles. The number of hydrogen-bond donors (Lipinski definition) is 1. The summed E-state index contributed by atoms with van der Waals surface area (Å²) in [5.74, 6) is 0. The number of halogens is 1. The molecule has 18 heavy (non-hydrogen) atoms. The number of hydrogen-bond acceptors (Lipinski definition) is 4. The molecule has 1 rings (SSSR count). The number of anilines is 1. The van der Waals surface area contributed by atoms with E-state index < -0.39 is 4.92 Å². The van der Waals surface area contributed by atoms with Crippen molar-refractivity contribution in [1.82, 2.24) is 0 Å². The number of unbranched alkanes of at least 4 members (excludes halogenated alkanes) is 1. The second-order valence-corrected chi connectivity index (χ2v) is 4.87. The molecule has 1 aromatic carbocycles. The van der Waals surface area contributed by atoms with Gasteiger partial charge in [0.2, 0.25) is 0 Å². The molecule has 0 fully saturated rings. The van der Waals surface area contributed by atoms with Crippen molar-refractivity contribution in [3.05, 3.63) is 32.8 Å². The van der Waals surface area contributed by atoms with E-state index in [2.05, 4.69) is 22.9 Å². The number of nitro groups is 1. The van der Waals surface area contributed by atoms with Crippen LogP contribution in [-0.2, 0) is 0 Å². The van der Waals surface area contributed by atoms with Crippen molar-refractivity contribution in [2.75, 3.05) is 24.6 Å². The van der Waals surface area contributed by atoms with Crippen LogP contribution in [0.4, 0.5) is 11.4 Å². The van der Waals surface area contributed by atoms with Crippen LogP contribution in [0.3, 0.4) is 0 Å². The first kappa shape index (κ1) is 14.9. The molecule has 0 unspecified atom stereocenters. The van der Waals surface area contributed by atoms with Crippen molar-refractivity contribution < 1.29 is 10.0 Å². The number of nitrogens with zero attached hydrogens (tertiary/aromatic N) is 2.